The number of hydrogen-bond acceptors (Lipinski definition) is 5. The average molecular weight is 649 g/mol. The van der Waals surface area contributed by atoms with Crippen molar-refractivity contribution in [1.82, 2.24) is 13.9 Å². The number of amides is 2. The van der Waals surface area contributed by atoms with Crippen LogP contribution in [0.15, 0.2) is 124 Å². The first kappa shape index (κ1) is 29.0. The van der Waals surface area contributed by atoms with Gasteiger partial charge in [-0.2, -0.15) is 0 Å². The van der Waals surface area contributed by atoms with Gasteiger partial charge in [-0.1, -0.05) is 84.4 Å². The molecule has 11 heteroatoms. The number of halogens is 2. The third-order valence-electron chi connectivity index (χ3n) is 9.77. The van der Waals surface area contributed by atoms with E-state index in [1.54, 1.807) is 84.9 Å². The van der Waals surface area contributed by atoms with Crippen LogP contribution in [-0.2, 0) is 21.5 Å². The van der Waals surface area contributed by atoms with Crippen LogP contribution in [0.5, 0.6) is 5.75 Å². The molecule has 4 atom stereocenters. The van der Waals surface area contributed by atoms with Crippen molar-refractivity contribution in [3.8, 4) is 11.4 Å². The molecule has 1 saturated carbocycles. The number of phenols is 1. The lowest BCUT2D eigenvalue weighted by molar-refractivity contribution is -0.124. The molecule has 1 N–H and O–H groups in total. The molecule has 2 aliphatic heterocycles. The molecule has 1 aromatic heterocycles. The average Bonchev–Trinajstić information content (AvgIpc) is 3.47. The Kier molecular flexibility index (Phi) is 6.49. The Morgan fingerprint density at radius 3 is 2.21 bits per heavy atom. The fourth-order valence-electron chi connectivity index (χ4n) is 7.91. The number of benzene rings is 4. The number of carbonyl (C=O) groups is 2. The third kappa shape index (κ3) is 3.94. The molecule has 1 saturated heterocycles. The van der Waals surface area contributed by atoms with Gasteiger partial charge < -0.3 is 5.11 Å². The second-order valence-electron chi connectivity index (χ2n) is 12.0. The first-order valence-corrected chi connectivity index (χ1v) is 15.5. The van der Waals surface area contributed by atoms with E-state index in [9.17, 15) is 19.5 Å². The molecule has 1 aliphatic carbocycles. The number of aromatic hydroxyl groups is 1. The van der Waals surface area contributed by atoms with E-state index in [-0.39, 0.29) is 24.2 Å². The van der Waals surface area contributed by atoms with E-state index in [2.05, 4.69) is 0 Å². The Bertz CT molecular complexity index is 2260. The fourth-order valence-corrected chi connectivity index (χ4v) is 8.10. The first-order chi connectivity index (χ1) is 22.7. The van der Waals surface area contributed by atoms with Crippen LogP contribution in [0.2, 0.25) is 5.02 Å². The monoisotopic (exact) mass is 648 g/mol. The van der Waals surface area contributed by atoms with Gasteiger partial charge in [0.05, 0.1) is 35.3 Å². The van der Waals surface area contributed by atoms with Crippen molar-refractivity contribution in [3.05, 3.63) is 158 Å². The van der Waals surface area contributed by atoms with E-state index >= 15 is 9.18 Å². The Balaban J connectivity index is 1.43. The molecule has 9 nitrogen and oxygen atoms in total. The summed E-state index contributed by atoms with van der Waals surface area (Å²) in [6, 6.07) is 26.9. The van der Waals surface area contributed by atoms with Crippen molar-refractivity contribution in [3.63, 3.8) is 0 Å². The molecule has 0 radical (unpaired) electrons. The van der Waals surface area contributed by atoms with E-state index < -0.39 is 58.1 Å². The Hall–Kier alpha value is -5.48. The summed E-state index contributed by atoms with van der Waals surface area (Å²) in [4.78, 5) is 58.8. The number of phenolic OH excluding ortho intramolecular Hbond substituents is 1. The maximum Gasteiger partial charge on any atom is 0.352 e. The lowest BCUT2D eigenvalue weighted by atomic mass is 9.53. The van der Waals surface area contributed by atoms with Gasteiger partial charge in [0.25, 0.3) is 0 Å². The molecular weight excluding hydrogens is 623 g/mol. The van der Waals surface area contributed by atoms with E-state index in [0.717, 1.165) is 15.5 Å². The molecule has 5 aromatic rings. The summed E-state index contributed by atoms with van der Waals surface area (Å²) in [5, 5.41) is 11.6. The van der Waals surface area contributed by atoms with Gasteiger partial charge in [-0.25, -0.2) is 32.8 Å². The molecule has 4 aromatic carbocycles. The Morgan fingerprint density at radius 1 is 0.809 bits per heavy atom. The quantitative estimate of drug-likeness (QED) is 0.216. The van der Waals surface area contributed by atoms with Crippen molar-refractivity contribution in [2.24, 2.45) is 5.92 Å². The summed E-state index contributed by atoms with van der Waals surface area (Å²) in [6.45, 7) is -0.0258. The first-order valence-electron chi connectivity index (χ1n) is 15.1. The number of hydrogen-bond donors (Lipinski definition) is 1. The normalized spacial score (nSPS) is 23.2. The molecule has 3 aliphatic rings. The standard InChI is InChI=1S/C36H26ClFN4O5/c37-22-11-7-14-24(19-22)40-32(44)27-20-29-25(17-18-39-34(46)41(35(47)42(29)39)23-12-5-2-6-13-23)30(26-15-8-16-28(38)31(26)43)36(27,33(40)45)21-9-3-1-4-10-21/h1-17,19,27,29-30,43H,18,20H2. The summed E-state index contributed by atoms with van der Waals surface area (Å²) in [5.74, 6) is -4.83. The second-order valence-corrected chi connectivity index (χ2v) is 12.4. The number of rotatable bonds is 4. The minimum absolute atomic E-state index is 0.0207. The van der Waals surface area contributed by atoms with E-state index in [0.29, 0.717) is 21.8 Å². The van der Waals surface area contributed by atoms with Gasteiger partial charge in [0.1, 0.15) is 0 Å². The third-order valence-corrected chi connectivity index (χ3v) is 10.0. The van der Waals surface area contributed by atoms with Crippen LogP contribution in [0.4, 0.5) is 10.1 Å². The zero-order valence-corrected chi connectivity index (χ0v) is 25.4. The SMILES string of the molecule is O=C1C2CC3C(=CCn4c(=O)n(-c5ccccc5)c(=O)n43)C(c3cccc(F)c3O)C2(c2ccccc2)C(=O)N1c1cccc(Cl)c1. The van der Waals surface area contributed by atoms with Crippen LogP contribution in [0.25, 0.3) is 5.69 Å². The van der Waals surface area contributed by atoms with Gasteiger partial charge in [-0.05, 0) is 54.0 Å². The van der Waals surface area contributed by atoms with Crippen molar-refractivity contribution in [2.45, 2.75) is 30.3 Å². The highest BCUT2D eigenvalue weighted by molar-refractivity contribution is 6.32. The van der Waals surface area contributed by atoms with Crippen molar-refractivity contribution < 1.29 is 19.1 Å². The Morgan fingerprint density at radius 2 is 1.49 bits per heavy atom. The lowest BCUT2D eigenvalue weighted by Gasteiger charge is -2.49. The predicted molar refractivity (Wildman–Crippen MR) is 172 cm³/mol. The van der Waals surface area contributed by atoms with Crippen LogP contribution in [-0.4, -0.2) is 30.9 Å². The van der Waals surface area contributed by atoms with Crippen LogP contribution in [0.3, 0.4) is 0 Å². The summed E-state index contributed by atoms with van der Waals surface area (Å²) >= 11 is 6.32. The summed E-state index contributed by atoms with van der Waals surface area (Å²) in [7, 11) is 0. The molecule has 8 rings (SSSR count). The zero-order valence-electron chi connectivity index (χ0n) is 24.7. The van der Waals surface area contributed by atoms with E-state index in [1.165, 1.54) is 27.6 Å². The fraction of sp³-hybridized carbons (Fsp3) is 0.167. The maximum absolute atomic E-state index is 15.2. The summed E-state index contributed by atoms with van der Waals surface area (Å²) in [5.41, 5.74) is -1.07. The van der Waals surface area contributed by atoms with Crippen molar-refractivity contribution in [2.75, 3.05) is 4.90 Å². The van der Waals surface area contributed by atoms with E-state index in [1.807, 2.05) is 0 Å². The number of carbonyl (C=O) groups excluding carboxylic acids is 2. The van der Waals surface area contributed by atoms with Crippen LogP contribution < -0.4 is 16.3 Å². The molecule has 3 heterocycles. The van der Waals surface area contributed by atoms with Gasteiger partial charge in [0, 0.05) is 16.5 Å². The number of para-hydroxylation sites is 2. The number of anilines is 1. The molecule has 47 heavy (non-hydrogen) atoms. The van der Waals surface area contributed by atoms with Gasteiger partial charge in [-0.3, -0.25) is 9.59 Å². The lowest BCUT2D eigenvalue weighted by Crippen LogP contribution is -2.53. The number of allylic oxidation sites excluding steroid dienone is 2. The smallest absolute Gasteiger partial charge is 0.352 e. The molecule has 2 fully saturated rings. The number of fused-ring (bicyclic) bond motifs is 4. The highest BCUT2D eigenvalue weighted by Crippen LogP contribution is 2.63. The van der Waals surface area contributed by atoms with Gasteiger partial charge in [-0.15, -0.1) is 0 Å². The Labute approximate surface area is 272 Å². The number of imide groups is 1. The highest BCUT2D eigenvalue weighted by Gasteiger charge is 2.69. The van der Waals surface area contributed by atoms with Crippen molar-refractivity contribution >= 4 is 29.1 Å². The van der Waals surface area contributed by atoms with Gasteiger partial charge >= 0.3 is 11.4 Å². The molecule has 4 unspecified atom stereocenters. The van der Waals surface area contributed by atoms with Crippen molar-refractivity contribution in [1.29, 1.82) is 0 Å². The molecule has 0 bridgehead atoms. The minimum Gasteiger partial charge on any atom is -0.505 e. The van der Waals surface area contributed by atoms with Gasteiger partial charge in [0.15, 0.2) is 11.6 Å². The second kappa shape index (κ2) is 10.5. The molecule has 234 valence electrons. The molecule has 2 amide bonds. The topological polar surface area (TPSA) is 107 Å². The van der Waals surface area contributed by atoms with Gasteiger partial charge in [0.2, 0.25) is 11.8 Å². The van der Waals surface area contributed by atoms with Crippen LogP contribution in [0, 0.1) is 11.7 Å². The predicted octanol–water partition coefficient (Wildman–Crippen LogP) is 5.10. The zero-order chi connectivity index (χ0) is 32.6. The minimum atomic E-state index is -1.65. The van der Waals surface area contributed by atoms with Crippen LogP contribution in [0.1, 0.15) is 29.5 Å². The van der Waals surface area contributed by atoms with E-state index in [4.69, 9.17) is 11.6 Å². The summed E-state index contributed by atoms with van der Waals surface area (Å²) < 4.78 is 18.9. The number of aromatic nitrogens is 3. The number of nitrogens with zero attached hydrogens (tertiary/aromatic N) is 4. The maximum atomic E-state index is 15.2. The molecular formula is C36H26ClFN4O5. The van der Waals surface area contributed by atoms with Crippen LogP contribution >= 0.6 is 11.6 Å². The molecule has 0 spiro atoms. The largest absolute Gasteiger partial charge is 0.505 e. The summed E-state index contributed by atoms with van der Waals surface area (Å²) in [6.07, 6.45) is 1.74. The highest BCUT2D eigenvalue weighted by atomic mass is 35.5.